The lowest BCUT2D eigenvalue weighted by molar-refractivity contribution is 0.296. The standard InChI is InChI=1S/C17H20ClNO2/c1-11-8-15(5-6-16(11)18)21-10-14-9-13(12(2)19)4-7-17(14)20-3/h4-9,12H,10,19H2,1-3H3. The first-order valence-electron chi connectivity index (χ1n) is 6.82. The summed E-state index contributed by atoms with van der Waals surface area (Å²) < 4.78 is 11.2. The highest BCUT2D eigenvalue weighted by Gasteiger charge is 2.08. The minimum absolute atomic E-state index is 0.0209. The van der Waals surface area contributed by atoms with Crippen molar-refractivity contribution in [2.24, 2.45) is 5.73 Å². The molecule has 4 heteroatoms. The van der Waals surface area contributed by atoms with Crippen LogP contribution < -0.4 is 15.2 Å². The number of nitrogens with two attached hydrogens (primary N) is 1. The summed E-state index contributed by atoms with van der Waals surface area (Å²) in [6, 6.07) is 11.5. The smallest absolute Gasteiger partial charge is 0.125 e. The average Bonchev–Trinajstić information content (AvgIpc) is 2.48. The SMILES string of the molecule is COc1ccc(C(C)N)cc1COc1ccc(Cl)c(C)c1. The van der Waals surface area contributed by atoms with E-state index in [0.29, 0.717) is 6.61 Å². The van der Waals surface area contributed by atoms with Gasteiger partial charge in [-0.2, -0.15) is 0 Å². The van der Waals surface area contributed by atoms with Crippen LogP contribution in [-0.4, -0.2) is 7.11 Å². The summed E-state index contributed by atoms with van der Waals surface area (Å²) in [5, 5.41) is 0.735. The summed E-state index contributed by atoms with van der Waals surface area (Å²) in [5.74, 6) is 1.58. The fraction of sp³-hybridized carbons (Fsp3) is 0.294. The summed E-state index contributed by atoms with van der Waals surface area (Å²) in [6.45, 7) is 4.33. The summed E-state index contributed by atoms with van der Waals surface area (Å²) >= 11 is 6.01. The summed E-state index contributed by atoms with van der Waals surface area (Å²) in [4.78, 5) is 0. The Morgan fingerprint density at radius 2 is 1.95 bits per heavy atom. The van der Waals surface area contributed by atoms with Gasteiger partial charge in [0.25, 0.3) is 0 Å². The number of aryl methyl sites for hydroxylation is 1. The van der Waals surface area contributed by atoms with E-state index in [1.165, 1.54) is 0 Å². The van der Waals surface area contributed by atoms with E-state index in [1.54, 1.807) is 7.11 Å². The molecule has 0 aliphatic rings. The zero-order chi connectivity index (χ0) is 15.4. The van der Waals surface area contributed by atoms with Crippen LogP contribution in [0.5, 0.6) is 11.5 Å². The first kappa shape index (κ1) is 15.7. The van der Waals surface area contributed by atoms with Crippen molar-refractivity contribution in [1.29, 1.82) is 0 Å². The van der Waals surface area contributed by atoms with Gasteiger partial charge in [0, 0.05) is 16.6 Å². The third-order valence-corrected chi connectivity index (χ3v) is 3.78. The van der Waals surface area contributed by atoms with Gasteiger partial charge in [-0.3, -0.25) is 0 Å². The Hall–Kier alpha value is -1.71. The Kier molecular flexibility index (Phi) is 5.10. The van der Waals surface area contributed by atoms with Crippen molar-refractivity contribution < 1.29 is 9.47 Å². The van der Waals surface area contributed by atoms with Crippen molar-refractivity contribution in [1.82, 2.24) is 0 Å². The summed E-state index contributed by atoms with van der Waals surface area (Å²) in [5.41, 5.74) is 8.94. The maximum atomic E-state index is 6.01. The van der Waals surface area contributed by atoms with E-state index in [9.17, 15) is 0 Å². The molecule has 0 fully saturated rings. The van der Waals surface area contributed by atoms with Gasteiger partial charge < -0.3 is 15.2 Å². The van der Waals surface area contributed by atoms with Crippen LogP contribution in [0.15, 0.2) is 36.4 Å². The molecule has 0 spiro atoms. The molecule has 2 N–H and O–H groups in total. The van der Waals surface area contributed by atoms with Crippen molar-refractivity contribution in [3.63, 3.8) is 0 Å². The third-order valence-electron chi connectivity index (χ3n) is 3.35. The monoisotopic (exact) mass is 305 g/mol. The highest BCUT2D eigenvalue weighted by molar-refractivity contribution is 6.31. The maximum absolute atomic E-state index is 6.01. The number of methoxy groups -OCH3 is 1. The minimum Gasteiger partial charge on any atom is -0.496 e. The topological polar surface area (TPSA) is 44.5 Å². The van der Waals surface area contributed by atoms with Crippen LogP contribution in [0.25, 0.3) is 0 Å². The summed E-state index contributed by atoms with van der Waals surface area (Å²) in [6.07, 6.45) is 0. The second-order valence-corrected chi connectivity index (χ2v) is 5.47. The highest BCUT2D eigenvalue weighted by atomic mass is 35.5. The van der Waals surface area contributed by atoms with Gasteiger partial charge in [-0.05, 0) is 55.3 Å². The fourth-order valence-electron chi connectivity index (χ4n) is 2.06. The first-order chi connectivity index (χ1) is 10.0. The van der Waals surface area contributed by atoms with Crippen LogP contribution in [0, 0.1) is 6.92 Å². The maximum Gasteiger partial charge on any atom is 0.125 e. The van der Waals surface area contributed by atoms with Crippen molar-refractivity contribution in [2.45, 2.75) is 26.5 Å². The van der Waals surface area contributed by atoms with Crippen molar-refractivity contribution in [3.8, 4) is 11.5 Å². The Bertz CT molecular complexity index is 626. The normalized spacial score (nSPS) is 12.0. The van der Waals surface area contributed by atoms with Crippen LogP contribution in [0.1, 0.15) is 29.7 Å². The Balaban J connectivity index is 2.17. The lowest BCUT2D eigenvalue weighted by atomic mass is 10.1. The molecule has 1 unspecified atom stereocenters. The molecule has 0 bridgehead atoms. The molecule has 0 radical (unpaired) electrons. The Morgan fingerprint density at radius 3 is 2.57 bits per heavy atom. The molecule has 2 aromatic rings. The first-order valence-corrected chi connectivity index (χ1v) is 7.20. The van der Waals surface area contributed by atoms with Crippen molar-refractivity contribution in [2.75, 3.05) is 7.11 Å². The van der Waals surface area contributed by atoms with Crippen LogP contribution >= 0.6 is 11.6 Å². The average molecular weight is 306 g/mol. The lowest BCUT2D eigenvalue weighted by Gasteiger charge is -2.14. The summed E-state index contributed by atoms with van der Waals surface area (Å²) in [7, 11) is 1.65. The molecule has 0 amide bonds. The molecule has 112 valence electrons. The molecular weight excluding hydrogens is 286 g/mol. The minimum atomic E-state index is -0.0209. The Labute approximate surface area is 130 Å². The predicted octanol–water partition coefficient (Wildman–Crippen LogP) is 4.26. The fourth-order valence-corrected chi connectivity index (χ4v) is 2.18. The molecule has 0 heterocycles. The second kappa shape index (κ2) is 6.83. The van der Waals surface area contributed by atoms with Crippen LogP contribution in [0.4, 0.5) is 0 Å². The molecule has 21 heavy (non-hydrogen) atoms. The molecule has 2 rings (SSSR count). The molecule has 2 aromatic carbocycles. The number of ether oxygens (including phenoxy) is 2. The molecule has 0 aliphatic carbocycles. The van der Waals surface area contributed by atoms with Gasteiger partial charge in [0.15, 0.2) is 0 Å². The van der Waals surface area contributed by atoms with Gasteiger partial charge in [0.05, 0.1) is 7.11 Å². The van der Waals surface area contributed by atoms with Crippen LogP contribution in [-0.2, 0) is 6.61 Å². The largest absolute Gasteiger partial charge is 0.496 e. The van der Waals surface area contributed by atoms with E-state index in [2.05, 4.69) is 0 Å². The molecular formula is C17H20ClNO2. The van der Waals surface area contributed by atoms with Gasteiger partial charge in [0.1, 0.15) is 18.1 Å². The number of benzene rings is 2. The van der Waals surface area contributed by atoms with Gasteiger partial charge in [-0.25, -0.2) is 0 Å². The van der Waals surface area contributed by atoms with Gasteiger partial charge >= 0.3 is 0 Å². The van der Waals surface area contributed by atoms with Crippen LogP contribution in [0.2, 0.25) is 5.02 Å². The van der Waals surface area contributed by atoms with Gasteiger partial charge in [0.2, 0.25) is 0 Å². The number of hydrogen-bond acceptors (Lipinski definition) is 3. The third kappa shape index (κ3) is 3.90. The highest BCUT2D eigenvalue weighted by Crippen LogP contribution is 2.26. The zero-order valence-corrected chi connectivity index (χ0v) is 13.3. The van der Waals surface area contributed by atoms with E-state index < -0.39 is 0 Å². The van der Waals surface area contributed by atoms with E-state index in [-0.39, 0.29) is 6.04 Å². The van der Waals surface area contributed by atoms with E-state index >= 15 is 0 Å². The quantitative estimate of drug-likeness (QED) is 0.898. The molecule has 1 atom stereocenters. The predicted molar refractivity (Wildman–Crippen MR) is 86.1 cm³/mol. The number of rotatable bonds is 5. The van der Waals surface area contributed by atoms with E-state index in [4.69, 9.17) is 26.8 Å². The van der Waals surface area contributed by atoms with Crippen molar-refractivity contribution >= 4 is 11.6 Å². The van der Waals surface area contributed by atoms with Gasteiger partial charge in [-0.15, -0.1) is 0 Å². The van der Waals surface area contributed by atoms with Crippen LogP contribution in [0.3, 0.4) is 0 Å². The second-order valence-electron chi connectivity index (χ2n) is 5.06. The molecule has 0 aromatic heterocycles. The number of hydrogen-bond donors (Lipinski definition) is 1. The van der Waals surface area contributed by atoms with E-state index in [1.807, 2.05) is 50.2 Å². The molecule has 0 saturated heterocycles. The lowest BCUT2D eigenvalue weighted by Crippen LogP contribution is -2.07. The molecule has 3 nitrogen and oxygen atoms in total. The van der Waals surface area contributed by atoms with Crippen molar-refractivity contribution in [3.05, 3.63) is 58.1 Å². The molecule has 0 saturated carbocycles. The number of halogens is 1. The Morgan fingerprint density at radius 1 is 1.19 bits per heavy atom. The molecule has 0 aliphatic heterocycles. The van der Waals surface area contributed by atoms with E-state index in [0.717, 1.165) is 33.2 Å². The van der Waals surface area contributed by atoms with Gasteiger partial charge in [-0.1, -0.05) is 17.7 Å². The zero-order valence-electron chi connectivity index (χ0n) is 12.5.